The maximum absolute atomic E-state index is 13.1. The van der Waals surface area contributed by atoms with Gasteiger partial charge in [0, 0.05) is 12.8 Å². The number of unbranched alkanes of at least 4 members (excludes halogenated alkanes) is 23. The number of aliphatic hydroxyl groups excluding tert-OH is 3. The highest BCUT2D eigenvalue weighted by molar-refractivity contribution is 7.47. The molecule has 1 aliphatic rings. The summed E-state index contributed by atoms with van der Waals surface area (Å²) >= 11 is 0. The zero-order valence-corrected chi connectivity index (χ0v) is 41.5. The number of hydrogen-bond donors (Lipinski definition) is 8. The lowest BCUT2D eigenvalue weighted by Gasteiger charge is -2.44. The lowest BCUT2D eigenvalue weighted by Crippen LogP contribution is -2.65. The summed E-state index contributed by atoms with van der Waals surface area (Å²) < 4.78 is 65.4. The van der Waals surface area contributed by atoms with Gasteiger partial charge in [0.15, 0.2) is 6.10 Å². The van der Waals surface area contributed by atoms with Crippen molar-refractivity contribution in [3.8, 4) is 0 Å². The number of allylic oxidation sites excluding steroid dienone is 2. The van der Waals surface area contributed by atoms with Crippen LogP contribution in [-0.2, 0) is 50.9 Å². The second-order valence-corrected chi connectivity index (χ2v) is 20.8. The van der Waals surface area contributed by atoms with Crippen LogP contribution in [0.15, 0.2) is 12.2 Å². The molecule has 384 valence electrons. The first kappa shape index (κ1) is 61.9. The van der Waals surface area contributed by atoms with Crippen molar-refractivity contribution >= 4 is 35.4 Å². The van der Waals surface area contributed by atoms with E-state index in [2.05, 4.69) is 35.0 Å². The Kier molecular flexibility index (Phi) is 34.2. The molecule has 0 spiro atoms. The fraction of sp³-hybridized carbons (Fsp3) is 0.907. The summed E-state index contributed by atoms with van der Waals surface area (Å²) in [6.45, 7) is 2.93. The molecule has 0 aromatic carbocycles. The van der Waals surface area contributed by atoms with E-state index < -0.39 is 91.3 Å². The van der Waals surface area contributed by atoms with Crippen LogP contribution in [0.2, 0.25) is 0 Å². The van der Waals surface area contributed by atoms with Crippen LogP contribution in [-0.4, -0.2) is 108 Å². The first-order valence-electron chi connectivity index (χ1n) is 24.0. The summed E-state index contributed by atoms with van der Waals surface area (Å²) in [6.07, 6.45) is 16.6. The van der Waals surface area contributed by atoms with Gasteiger partial charge in [0.2, 0.25) is 0 Å². The summed E-state index contributed by atoms with van der Waals surface area (Å²) in [5.41, 5.74) is 0. The van der Waals surface area contributed by atoms with Crippen molar-refractivity contribution in [3.05, 3.63) is 12.2 Å². The number of phosphoric acid groups is 3. The van der Waals surface area contributed by atoms with E-state index in [9.17, 15) is 63.1 Å². The van der Waals surface area contributed by atoms with Gasteiger partial charge in [0.1, 0.15) is 43.2 Å². The summed E-state index contributed by atoms with van der Waals surface area (Å²) in [5.74, 6) is -1.30. The zero-order valence-electron chi connectivity index (χ0n) is 38.8. The van der Waals surface area contributed by atoms with Crippen molar-refractivity contribution in [2.75, 3.05) is 13.2 Å². The van der Waals surface area contributed by atoms with E-state index in [0.29, 0.717) is 12.8 Å². The molecule has 1 saturated carbocycles. The second kappa shape index (κ2) is 35.9. The van der Waals surface area contributed by atoms with Crippen LogP contribution in [0.25, 0.3) is 0 Å². The van der Waals surface area contributed by atoms with Crippen molar-refractivity contribution in [1.29, 1.82) is 0 Å². The summed E-state index contributed by atoms with van der Waals surface area (Å²) in [4.78, 5) is 73.1. The molecule has 19 nitrogen and oxygen atoms in total. The van der Waals surface area contributed by atoms with Crippen molar-refractivity contribution in [2.45, 2.75) is 236 Å². The van der Waals surface area contributed by atoms with Crippen LogP contribution in [0.3, 0.4) is 0 Å². The third-order valence-electron chi connectivity index (χ3n) is 11.1. The Bertz CT molecular complexity index is 1420. The summed E-state index contributed by atoms with van der Waals surface area (Å²) in [7, 11) is -16.6. The van der Waals surface area contributed by atoms with E-state index in [1.165, 1.54) is 89.9 Å². The third kappa shape index (κ3) is 32.4. The average molecular weight is 997 g/mol. The molecule has 0 heterocycles. The molecular weight excluding hydrogens is 913 g/mol. The normalized spacial score (nSPS) is 21.9. The van der Waals surface area contributed by atoms with Gasteiger partial charge in [-0.15, -0.1) is 0 Å². The van der Waals surface area contributed by atoms with Crippen LogP contribution < -0.4 is 0 Å². The molecule has 65 heavy (non-hydrogen) atoms. The molecule has 1 aliphatic carbocycles. The van der Waals surface area contributed by atoms with Crippen LogP contribution in [0.1, 0.15) is 194 Å². The van der Waals surface area contributed by atoms with E-state index in [1.54, 1.807) is 0 Å². The Labute approximate surface area is 386 Å². The maximum atomic E-state index is 13.1. The molecule has 0 saturated heterocycles. The molecule has 22 heteroatoms. The maximum Gasteiger partial charge on any atom is 0.472 e. The topological polar surface area (TPSA) is 303 Å². The Morgan fingerprint density at radius 1 is 0.477 bits per heavy atom. The first-order chi connectivity index (χ1) is 30.8. The Hall–Kier alpha value is -1.11. The van der Waals surface area contributed by atoms with E-state index in [1.807, 2.05) is 0 Å². The highest BCUT2D eigenvalue weighted by Gasteiger charge is 2.56. The van der Waals surface area contributed by atoms with Crippen molar-refractivity contribution < 1.29 is 90.6 Å². The van der Waals surface area contributed by atoms with Gasteiger partial charge in [-0.05, 0) is 38.5 Å². The van der Waals surface area contributed by atoms with Crippen LogP contribution in [0.4, 0.5) is 0 Å². The van der Waals surface area contributed by atoms with Crippen LogP contribution in [0, 0.1) is 0 Å². The predicted octanol–water partition coefficient (Wildman–Crippen LogP) is 8.51. The SMILES string of the molecule is CCCCCCC=CCCCCCCCC(=O)OC(COC(=O)CCCCCCCCCCCCCCCCC)COP(=O)(O)OC1C(O)C(O)C(OP(=O)(O)O)C(OP(=O)(O)O)C1O. The molecule has 0 aliphatic heterocycles. The number of rotatable bonds is 41. The number of phosphoric ester groups is 3. The van der Waals surface area contributed by atoms with E-state index >= 15 is 0 Å². The Morgan fingerprint density at radius 2 is 0.846 bits per heavy atom. The molecule has 0 radical (unpaired) electrons. The van der Waals surface area contributed by atoms with Crippen molar-refractivity contribution in [2.24, 2.45) is 0 Å². The van der Waals surface area contributed by atoms with E-state index in [-0.39, 0.29) is 12.8 Å². The number of carbonyl (C=O) groups is 2. The number of carbonyl (C=O) groups excluding carboxylic acids is 2. The minimum absolute atomic E-state index is 0.00826. The Morgan fingerprint density at radius 3 is 1.29 bits per heavy atom. The van der Waals surface area contributed by atoms with Gasteiger partial charge in [-0.25, -0.2) is 13.7 Å². The van der Waals surface area contributed by atoms with Crippen molar-refractivity contribution in [1.82, 2.24) is 0 Å². The van der Waals surface area contributed by atoms with Crippen LogP contribution in [0.5, 0.6) is 0 Å². The molecule has 0 amide bonds. The highest BCUT2D eigenvalue weighted by Crippen LogP contribution is 2.51. The van der Waals surface area contributed by atoms with E-state index in [4.69, 9.17) is 18.5 Å². The average Bonchev–Trinajstić information content (AvgIpc) is 3.23. The van der Waals surface area contributed by atoms with Gasteiger partial charge in [0.25, 0.3) is 0 Å². The molecule has 0 bridgehead atoms. The molecule has 0 aromatic rings. The third-order valence-corrected chi connectivity index (χ3v) is 13.1. The molecule has 0 aromatic heterocycles. The lowest BCUT2D eigenvalue weighted by atomic mass is 9.85. The van der Waals surface area contributed by atoms with Gasteiger partial charge in [-0.1, -0.05) is 154 Å². The van der Waals surface area contributed by atoms with Gasteiger partial charge in [-0.2, -0.15) is 0 Å². The van der Waals surface area contributed by atoms with Gasteiger partial charge in [-0.3, -0.25) is 27.7 Å². The fourth-order valence-corrected chi connectivity index (χ4v) is 9.56. The second-order valence-electron chi connectivity index (χ2n) is 17.0. The fourth-order valence-electron chi connectivity index (χ4n) is 7.46. The quantitative estimate of drug-likeness (QED) is 0.0123. The van der Waals surface area contributed by atoms with E-state index in [0.717, 1.165) is 64.2 Å². The van der Waals surface area contributed by atoms with Gasteiger partial charge in [0.05, 0.1) is 6.61 Å². The smallest absolute Gasteiger partial charge is 0.462 e. The summed E-state index contributed by atoms with van der Waals surface area (Å²) in [6, 6.07) is 0. The largest absolute Gasteiger partial charge is 0.472 e. The number of hydrogen-bond acceptors (Lipinski definition) is 14. The van der Waals surface area contributed by atoms with Gasteiger partial charge < -0.3 is 49.3 Å². The Balaban J connectivity index is 2.73. The molecule has 8 atom stereocenters. The summed E-state index contributed by atoms with van der Waals surface area (Å²) in [5, 5.41) is 31.8. The minimum atomic E-state index is -5.60. The van der Waals surface area contributed by atoms with Gasteiger partial charge >= 0.3 is 35.4 Å². The first-order valence-corrected chi connectivity index (χ1v) is 28.5. The number of esters is 2. The monoisotopic (exact) mass is 996 g/mol. The zero-order chi connectivity index (χ0) is 48.6. The molecule has 8 N–H and O–H groups in total. The molecule has 8 unspecified atom stereocenters. The molecular formula is C43H83O19P3. The number of ether oxygens (including phenoxy) is 2. The predicted molar refractivity (Wildman–Crippen MR) is 243 cm³/mol. The lowest BCUT2D eigenvalue weighted by molar-refractivity contribution is -0.213. The van der Waals surface area contributed by atoms with Crippen LogP contribution >= 0.6 is 23.5 Å². The molecule has 1 rings (SSSR count). The number of aliphatic hydroxyl groups is 3. The minimum Gasteiger partial charge on any atom is -0.462 e. The highest BCUT2D eigenvalue weighted by atomic mass is 31.2. The standard InChI is InChI=1S/C43H83O19P3/c1-3-5-7-9-11-13-15-17-18-20-21-23-25-27-29-31-36(44)57-33-35(59-37(45)32-30-28-26-24-22-19-16-14-12-10-8-6-4-2)34-58-65(55,56)62-41-38(46)39(47)42(60-63(49,50)51)43(40(41)48)61-64(52,53)54/h14,16,35,38-43,46-48H,3-13,15,17-34H2,1-2H3,(H,55,56)(H2,49,50,51)(H2,52,53,54). The molecule has 1 fully saturated rings. The van der Waals surface area contributed by atoms with Crippen molar-refractivity contribution in [3.63, 3.8) is 0 Å².